The van der Waals surface area contributed by atoms with E-state index in [0.717, 1.165) is 0 Å². The molecule has 0 radical (unpaired) electrons. The number of carbonyl (C=O) groups excluding carboxylic acids is 1. The van der Waals surface area contributed by atoms with Crippen LogP contribution >= 0.6 is 11.6 Å². The van der Waals surface area contributed by atoms with Crippen molar-refractivity contribution in [3.05, 3.63) is 64.8 Å². The zero-order chi connectivity index (χ0) is 15.0. The van der Waals surface area contributed by atoms with E-state index >= 15 is 0 Å². The van der Waals surface area contributed by atoms with Crippen molar-refractivity contribution >= 4 is 28.8 Å². The first kappa shape index (κ1) is 13.6. The average molecular weight is 304 g/mol. The van der Waals surface area contributed by atoms with Gasteiger partial charge in [-0.3, -0.25) is 9.20 Å². The van der Waals surface area contributed by atoms with Crippen molar-refractivity contribution < 1.29 is 9.18 Å². The van der Waals surface area contributed by atoms with Crippen molar-refractivity contribution in [2.24, 2.45) is 0 Å². The van der Waals surface area contributed by atoms with Crippen LogP contribution in [0.5, 0.6) is 0 Å². The number of aromatic nitrogens is 2. The molecule has 2 heterocycles. The van der Waals surface area contributed by atoms with Gasteiger partial charge in [0.15, 0.2) is 0 Å². The van der Waals surface area contributed by atoms with Gasteiger partial charge in [-0.2, -0.15) is 0 Å². The Kier molecular flexibility index (Phi) is 3.35. The second-order valence-corrected chi connectivity index (χ2v) is 5.02. The lowest BCUT2D eigenvalue weighted by Gasteiger charge is -2.06. The number of nitrogens with zero attached hydrogens (tertiary/aromatic N) is 2. The molecule has 0 atom stereocenters. The topological polar surface area (TPSA) is 46.4 Å². The maximum Gasteiger partial charge on any atom is 0.274 e. The number of imidazole rings is 1. The Labute approximate surface area is 125 Å². The van der Waals surface area contributed by atoms with Crippen LogP contribution < -0.4 is 5.32 Å². The van der Waals surface area contributed by atoms with E-state index in [2.05, 4.69) is 10.3 Å². The van der Waals surface area contributed by atoms with E-state index < -0.39 is 0 Å². The fourth-order valence-corrected chi connectivity index (χ4v) is 2.29. The molecule has 21 heavy (non-hydrogen) atoms. The third-order valence-electron chi connectivity index (χ3n) is 3.08. The highest BCUT2D eigenvalue weighted by atomic mass is 35.5. The first-order valence-electron chi connectivity index (χ1n) is 6.26. The monoisotopic (exact) mass is 303 g/mol. The molecule has 0 aliphatic carbocycles. The summed E-state index contributed by atoms with van der Waals surface area (Å²) in [4.78, 5) is 16.7. The normalized spacial score (nSPS) is 10.8. The summed E-state index contributed by atoms with van der Waals surface area (Å²) in [5, 5.41) is 3.27. The standard InChI is InChI=1S/C15H11ClFN3O/c1-9-14(20-7-6-10(16)8-13(20)18-9)15(21)19-12-4-2-11(17)3-5-12/h2-8H,1H3,(H,19,21). The predicted octanol–water partition coefficient (Wildman–Crippen LogP) is 3.69. The highest BCUT2D eigenvalue weighted by Crippen LogP contribution is 2.18. The number of rotatable bonds is 2. The van der Waals surface area contributed by atoms with Crippen LogP contribution in [0.4, 0.5) is 10.1 Å². The number of amides is 1. The van der Waals surface area contributed by atoms with Crippen LogP contribution in [0.1, 0.15) is 16.2 Å². The SMILES string of the molecule is Cc1nc2cc(Cl)ccn2c1C(=O)Nc1ccc(F)cc1. The van der Waals surface area contributed by atoms with Crippen molar-refractivity contribution in [1.29, 1.82) is 0 Å². The van der Waals surface area contributed by atoms with Crippen LogP contribution in [-0.4, -0.2) is 15.3 Å². The van der Waals surface area contributed by atoms with Crippen molar-refractivity contribution in [2.75, 3.05) is 5.32 Å². The molecule has 2 aromatic heterocycles. The Morgan fingerprint density at radius 3 is 2.71 bits per heavy atom. The lowest BCUT2D eigenvalue weighted by molar-refractivity contribution is 0.102. The molecule has 106 valence electrons. The molecule has 3 rings (SSSR count). The van der Waals surface area contributed by atoms with Crippen molar-refractivity contribution in [3.63, 3.8) is 0 Å². The fourth-order valence-electron chi connectivity index (χ4n) is 2.13. The Bertz CT molecular complexity index is 827. The van der Waals surface area contributed by atoms with E-state index in [9.17, 15) is 9.18 Å². The molecular weight excluding hydrogens is 293 g/mol. The number of aryl methyl sites for hydroxylation is 1. The number of anilines is 1. The molecule has 0 spiro atoms. The summed E-state index contributed by atoms with van der Waals surface area (Å²) in [5.74, 6) is -0.664. The van der Waals surface area contributed by atoms with Gasteiger partial charge in [-0.05, 0) is 37.3 Å². The minimum absolute atomic E-state index is 0.311. The van der Waals surface area contributed by atoms with Crippen molar-refractivity contribution in [1.82, 2.24) is 9.38 Å². The van der Waals surface area contributed by atoms with E-state index in [1.165, 1.54) is 24.3 Å². The van der Waals surface area contributed by atoms with Crippen molar-refractivity contribution in [3.8, 4) is 0 Å². The third kappa shape index (κ3) is 2.60. The summed E-state index contributed by atoms with van der Waals surface area (Å²) in [6.07, 6.45) is 1.69. The molecule has 3 aromatic rings. The molecule has 1 N–H and O–H groups in total. The van der Waals surface area contributed by atoms with Crippen LogP contribution in [0.3, 0.4) is 0 Å². The summed E-state index contributed by atoms with van der Waals surface area (Å²) in [6.45, 7) is 1.75. The minimum Gasteiger partial charge on any atom is -0.321 e. The van der Waals surface area contributed by atoms with E-state index in [1.54, 1.807) is 29.7 Å². The molecule has 1 amide bonds. The summed E-state index contributed by atoms with van der Waals surface area (Å²) < 4.78 is 14.5. The van der Waals surface area contributed by atoms with Crippen molar-refractivity contribution in [2.45, 2.75) is 6.92 Å². The zero-order valence-electron chi connectivity index (χ0n) is 11.1. The molecule has 1 aromatic carbocycles. The first-order valence-corrected chi connectivity index (χ1v) is 6.63. The largest absolute Gasteiger partial charge is 0.321 e. The van der Waals surface area contributed by atoms with E-state index in [-0.39, 0.29) is 11.7 Å². The van der Waals surface area contributed by atoms with Gasteiger partial charge in [0.1, 0.15) is 17.2 Å². The lowest BCUT2D eigenvalue weighted by atomic mass is 10.2. The fraction of sp³-hybridized carbons (Fsp3) is 0.0667. The number of fused-ring (bicyclic) bond motifs is 1. The third-order valence-corrected chi connectivity index (χ3v) is 3.31. The Morgan fingerprint density at radius 2 is 2.00 bits per heavy atom. The quantitative estimate of drug-likeness (QED) is 0.785. The van der Waals surface area contributed by atoms with Gasteiger partial charge in [0.2, 0.25) is 0 Å². The van der Waals surface area contributed by atoms with Crippen LogP contribution in [0.2, 0.25) is 5.02 Å². The number of benzene rings is 1. The molecule has 0 fully saturated rings. The molecule has 0 saturated heterocycles. The smallest absolute Gasteiger partial charge is 0.274 e. The second kappa shape index (κ2) is 5.18. The highest BCUT2D eigenvalue weighted by Gasteiger charge is 2.16. The molecule has 0 unspecified atom stereocenters. The summed E-state index contributed by atoms with van der Waals surface area (Å²) in [6, 6.07) is 8.95. The van der Waals surface area contributed by atoms with Crippen LogP contribution in [0.15, 0.2) is 42.6 Å². The maximum absolute atomic E-state index is 12.9. The zero-order valence-corrected chi connectivity index (χ0v) is 11.9. The molecular formula is C15H11ClFN3O. The Morgan fingerprint density at radius 1 is 1.29 bits per heavy atom. The highest BCUT2D eigenvalue weighted by molar-refractivity contribution is 6.30. The number of halogens is 2. The van der Waals surface area contributed by atoms with E-state index in [0.29, 0.717) is 27.7 Å². The number of nitrogens with one attached hydrogen (secondary N) is 1. The number of hydrogen-bond acceptors (Lipinski definition) is 2. The summed E-state index contributed by atoms with van der Waals surface area (Å²) in [7, 11) is 0. The van der Waals surface area contributed by atoms with Gasteiger partial charge in [-0.15, -0.1) is 0 Å². The van der Waals surface area contributed by atoms with Crippen LogP contribution in [0, 0.1) is 12.7 Å². The number of carbonyl (C=O) groups is 1. The number of hydrogen-bond donors (Lipinski definition) is 1. The average Bonchev–Trinajstić information content (AvgIpc) is 2.76. The first-order chi connectivity index (χ1) is 10.0. The van der Waals surface area contributed by atoms with Gasteiger partial charge in [-0.1, -0.05) is 11.6 Å². The number of pyridine rings is 1. The predicted molar refractivity (Wildman–Crippen MR) is 79.3 cm³/mol. The molecule has 0 bridgehead atoms. The summed E-state index contributed by atoms with van der Waals surface area (Å²) in [5.41, 5.74) is 2.14. The minimum atomic E-state index is -0.353. The molecule has 4 nitrogen and oxygen atoms in total. The van der Waals surface area contributed by atoms with Gasteiger partial charge in [0.25, 0.3) is 5.91 Å². The van der Waals surface area contributed by atoms with Gasteiger partial charge >= 0.3 is 0 Å². The lowest BCUT2D eigenvalue weighted by Crippen LogP contribution is -2.15. The van der Waals surface area contributed by atoms with Crippen LogP contribution in [0.25, 0.3) is 5.65 Å². The van der Waals surface area contributed by atoms with E-state index in [1.807, 2.05) is 0 Å². The molecule has 0 aliphatic heterocycles. The van der Waals surface area contributed by atoms with Gasteiger partial charge in [-0.25, -0.2) is 9.37 Å². The van der Waals surface area contributed by atoms with Gasteiger partial charge in [0.05, 0.1) is 5.69 Å². The molecule has 0 aliphatic rings. The maximum atomic E-state index is 12.9. The van der Waals surface area contributed by atoms with Gasteiger partial charge < -0.3 is 5.32 Å². The Hall–Kier alpha value is -2.40. The van der Waals surface area contributed by atoms with Gasteiger partial charge in [0, 0.05) is 23.0 Å². The summed E-state index contributed by atoms with van der Waals surface area (Å²) >= 11 is 5.92. The second-order valence-electron chi connectivity index (χ2n) is 4.58. The van der Waals surface area contributed by atoms with Crippen LogP contribution in [-0.2, 0) is 0 Å². The van der Waals surface area contributed by atoms with E-state index in [4.69, 9.17) is 11.6 Å². The Balaban J connectivity index is 1.97. The molecule has 6 heteroatoms. The molecule has 0 saturated carbocycles.